The molecule has 0 aromatic heterocycles. The highest BCUT2D eigenvalue weighted by molar-refractivity contribution is 5.88. The second-order valence-corrected chi connectivity index (χ2v) is 5.88. The lowest BCUT2D eigenvalue weighted by atomic mass is 10.0. The molecule has 1 amide bonds. The molecule has 0 unspecified atom stereocenters. The first-order chi connectivity index (χ1) is 9.97. The Hall–Kier alpha value is -1.92. The number of aromatic carboxylic acids is 1. The van der Waals surface area contributed by atoms with Crippen LogP contribution in [-0.2, 0) is 22.6 Å². The molecule has 2 N–H and O–H groups in total. The van der Waals surface area contributed by atoms with E-state index in [0.29, 0.717) is 13.1 Å². The van der Waals surface area contributed by atoms with Crippen molar-refractivity contribution >= 4 is 11.9 Å². The number of fused-ring (bicyclic) bond motifs is 1. The molecule has 3 rings (SSSR count). The van der Waals surface area contributed by atoms with Gasteiger partial charge in [-0.1, -0.05) is 6.07 Å². The summed E-state index contributed by atoms with van der Waals surface area (Å²) in [6.07, 6.45) is 0. The summed E-state index contributed by atoms with van der Waals surface area (Å²) in [7, 11) is 0. The topological polar surface area (TPSA) is 78.9 Å². The summed E-state index contributed by atoms with van der Waals surface area (Å²) in [5.74, 6) is -1.01. The first-order valence-corrected chi connectivity index (χ1v) is 6.94. The Kier molecular flexibility index (Phi) is 3.43. The van der Waals surface area contributed by atoms with Crippen molar-refractivity contribution in [3.05, 3.63) is 34.9 Å². The normalized spacial score (nSPS) is 19.0. The van der Waals surface area contributed by atoms with Gasteiger partial charge in [0.15, 0.2) is 0 Å². The second-order valence-electron chi connectivity index (χ2n) is 5.88. The SMILES string of the molecule is CC1(OCC(=O)N2Cc3ccc(C(=O)O)cc3C2)CNC1. The van der Waals surface area contributed by atoms with E-state index >= 15 is 0 Å². The highest BCUT2D eigenvalue weighted by Crippen LogP contribution is 2.24. The molecule has 6 heteroatoms. The van der Waals surface area contributed by atoms with Crippen molar-refractivity contribution < 1.29 is 19.4 Å². The molecule has 112 valence electrons. The summed E-state index contributed by atoms with van der Waals surface area (Å²) in [5.41, 5.74) is 1.93. The maximum atomic E-state index is 12.2. The number of benzene rings is 1. The van der Waals surface area contributed by atoms with Crippen LogP contribution in [-0.4, -0.2) is 47.2 Å². The maximum Gasteiger partial charge on any atom is 0.335 e. The second kappa shape index (κ2) is 5.13. The van der Waals surface area contributed by atoms with Gasteiger partial charge in [-0.15, -0.1) is 0 Å². The summed E-state index contributed by atoms with van der Waals surface area (Å²) in [4.78, 5) is 24.8. The fourth-order valence-corrected chi connectivity index (χ4v) is 2.61. The van der Waals surface area contributed by atoms with Crippen molar-refractivity contribution in [2.75, 3.05) is 19.7 Å². The van der Waals surface area contributed by atoms with Crippen LogP contribution >= 0.6 is 0 Å². The van der Waals surface area contributed by atoms with Crippen molar-refractivity contribution in [1.29, 1.82) is 0 Å². The van der Waals surface area contributed by atoms with Gasteiger partial charge in [0.1, 0.15) is 6.61 Å². The quantitative estimate of drug-likeness (QED) is 0.849. The third-order valence-electron chi connectivity index (χ3n) is 4.07. The smallest absolute Gasteiger partial charge is 0.335 e. The number of hydrogen-bond acceptors (Lipinski definition) is 4. The molecular formula is C15H18N2O4. The highest BCUT2D eigenvalue weighted by Gasteiger charge is 2.34. The van der Waals surface area contributed by atoms with E-state index in [2.05, 4.69) is 5.32 Å². The highest BCUT2D eigenvalue weighted by atomic mass is 16.5. The van der Waals surface area contributed by atoms with Crippen molar-refractivity contribution in [2.24, 2.45) is 0 Å². The monoisotopic (exact) mass is 290 g/mol. The van der Waals surface area contributed by atoms with Gasteiger partial charge in [0.05, 0.1) is 11.2 Å². The summed E-state index contributed by atoms with van der Waals surface area (Å²) in [6, 6.07) is 5.00. The zero-order valence-electron chi connectivity index (χ0n) is 11.9. The fraction of sp³-hybridized carbons (Fsp3) is 0.467. The minimum atomic E-state index is -0.948. The Balaban J connectivity index is 1.61. The molecule has 0 atom stereocenters. The van der Waals surface area contributed by atoms with Crippen LogP contribution in [0.4, 0.5) is 0 Å². The first-order valence-electron chi connectivity index (χ1n) is 6.94. The zero-order valence-corrected chi connectivity index (χ0v) is 11.9. The summed E-state index contributed by atoms with van der Waals surface area (Å²) < 4.78 is 5.65. The third kappa shape index (κ3) is 2.77. The predicted octanol–water partition coefficient (Wildman–Crippen LogP) is 0.606. The number of rotatable bonds is 4. The summed E-state index contributed by atoms with van der Waals surface area (Å²) >= 11 is 0. The fourth-order valence-electron chi connectivity index (χ4n) is 2.61. The average molecular weight is 290 g/mol. The van der Waals surface area contributed by atoms with E-state index in [1.54, 1.807) is 23.1 Å². The molecular weight excluding hydrogens is 272 g/mol. The number of amides is 1. The van der Waals surface area contributed by atoms with Crippen molar-refractivity contribution in [1.82, 2.24) is 10.2 Å². The van der Waals surface area contributed by atoms with Gasteiger partial charge < -0.3 is 20.1 Å². The van der Waals surface area contributed by atoms with Crippen LogP contribution in [0.2, 0.25) is 0 Å². The molecule has 0 spiro atoms. The number of nitrogens with zero attached hydrogens (tertiary/aromatic N) is 1. The molecule has 2 aliphatic heterocycles. The minimum absolute atomic E-state index is 0.0591. The Morgan fingerprint density at radius 2 is 2.05 bits per heavy atom. The van der Waals surface area contributed by atoms with E-state index in [4.69, 9.17) is 9.84 Å². The number of carbonyl (C=O) groups is 2. The largest absolute Gasteiger partial charge is 0.478 e. The van der Waals surface area contributed by atoms with Crippen LogP contribution in [0.5, 0.6) is 0 Å². The summed E-state index contributed by atoms with van der Waals surface area (Å²) in [6.45, 7) is 4.55. The molecule has 1 saturated heterocycles. The van der Waals surface area contributed by atoms with E-state index in [1.807, 2.05) is 6.92 Å². The van der Waals surface area contributed by atoms with E-state index in [0.717, 1.165) is 24.2 Å². The van der Waals surface area contributed by atoms with Gasteiger partial charge in [-0.2, -0.15) is 0 Å². The molecule has 1 fully saturated rings. The lowest BCUT2D eigenvalue weighted by Gasteiger charge is -2.39. The van der Waals surface area contributed by atoms with Crippen molar-refractivity contribution in [3.63, 3.8) is 0 Å². The lowest BCUT2D eigenvalue weighted by molar-refractivity contribution is -0.146. The van der Waals surface area contributed by atoms with Crippen LogP contribution in [0.15, 0.2) is 18.2 Å². The number of hydrogen-bond donors (Lipinski definition) is 2. The van der Waals surface area contributed by atoms with E-state index in [-0.39, 0.29) is 23.7 Å². The molecule has 1 aromatic rings. The molecule has 6 nitrogen and oxygen atoms in total. The number of ether oxygens (including phenoxy) is 1. The van der Waals surface area contributed by atoms with Crippen molar-refractivity contribution in [2.45, 2.75) is 25.6 Å². The van der Waals surface area contributed by atoms with E-state index in [1.165, 1.54) is 0 Å². The zero-order chi connectivity index (χ0) is 15.0. The predicted molar refractivity (Wildman–Crippen MR) is 74.9 cm³/mol. The van der Waals surface area contributed by atoms with Gasteiger partial charge in [-0.05, 0) is 30.2 Å². The molecule has 2 aliphatic rings. The lowest BCUT2D eigenvalue weighted by Crippen LogP contribution is -2.59. The van der Waals surface area contributed by atoms with Gasteiger partial charge in [0.25, 0.3) is 0 Å². The minimum Gasteiger partial charge on any atom is -0.478 e. The van der Waals surface area contributed by atoms with Gasteiger partial charge in [-0.25, -0.2) is 4.79 Å². The van der Waals surface area contributed by atoms with Crippen LogP contribution in [0, 0.1) is 0 Å². The van der Waals surface area contributed by atoms with E-state index in [9.17, 15) is 9.59 Å². The molecule has 0 bridgehead atoms. The standard InChI is InChI=1S/C15H18N2O4/c1-15(8-16-9-15)21-7-13(18)17-5-11-3-2-10(14(19)20)4-12(11)6-17/h2-4,16H,5-9H2,1H3,(H,19,20). The molecule has 1 aromatic carbocycles. The van der Waals surface area contributed by atoms with Crippen LogP contribution in [0.3, 0.4) is 0 Å². The number of nitrogens with one attached hydrogen (secondary N) is 1. The van der Waals surface area contributed by atoms with Gasteiger partial charge in [-0.3, -0.25) is 4.79 Å². The van der Waals surface area contributed by atoms with Gasteiger partial charge in [0, 0.05) is 26.2 Å². The number of carbonyl (C=O) groups excluding carboxylic acids is 1. The van der Waals surface area contributed by atoms with Gasteiger partial charge >= 0.3 is 5.97 Å². The maximum absolute atomic E-state index is 12.2. The van der Waals surface area contributed by atoms with Crippen LogP contribution < -0.4 is 5.32 Å². The first kappa shape index (κ1) is 14.0. The molecule has 2 heterocycles. The van der Waals surface area contributed by atoms with Crippen LogP contribution in [0.1, 0.15) is 28.4 Å². The Morgan fingerprint density at radius 3 is 2.67 bits per heavy atom. The Morgan fingerprint density at radius 1 is 1.33 bits per heavy atom. The molecule has 0 saturated carbocycles. The van der Waals surface area contributed by atoms with Crippen molar-refractivity contribution in [3.8, 4) is 0 Å². The van der Waals surface area contributed by atoms with E-state index < -0.39 is 5.97 Å². The summed E-state index contributed by atoms with van der Waals surface area (Å²) in [5, 5.41) is 12.1. The number of carboxylic acid groups (broad SMARTS) is 1. The Bertz CT molecular complexity index is 595. The van der Waals surface area contributed by atoms with Gasteiger partial charge in [0.2, 0.25) is 5.91 Å². The third-order valence-corrected chi connectivity index (χ3v) is 4.07. The number of carboxylic acids is 1. The molecule has 0 radical (unpaired) electrons. The Labute approximate surface area is 122 Å². The average Bonchev–Trinajstić information content (AvgIpc) is 2.85. The molecule has 21 heavy (non-hydrogen) atoms. The van der Waals surface area contributed by atoms with Crippen LogP contribution in [0.25, 0.3) is 0 Å². The molecule has 0 aliphatic carbocycles.